The average Bonchev–Trinajstić information content (AvgIpc) is 2.92. The van der Waals surface area contributed by atoms with E-state index in [1.807, 2.05) is 13.8 Å². The summed E-state index contributed by atoms with van der Waals surface area (Å²) in [5.74, 6) is -0.777. The van der Waals surface area contributed by atoms with Crippen LogP contribution < -0.4 is 5.32 Å². The van der Waals surface area contributed by atoms with Gasteiger partial charge in [-0.25, -0.2) is 4.79 Å². The molecular formula is C13H21ClNNaO3. The summed E-state index contributed by atoms with van der Waals surface area (Å²) < 4.78 is 0. The first kappa shape index (κ1) is 19.0. The molecule has 1 fully saturated rings. The van der Waals surface area contributed by atoms with E-state index in [1.165, 1.54) is 0 Å². The molecular weight excluding hydrogens is 277 g/mol. The number of hydrogen-bond acceptors (Lipinski definition) is 2. The molecule has 104 valence electrons. The van der Waals surface area contributed by atoms with E-state index in [0.29, 0.717) is 12.3 Å². The molecule has 1 rings (SSSR count). The van der Waals surface area contributed by atoms with Crippen molar-refractivity contribution in [3.63, 3.8) is 0 Å². The second-order valence-corrected chi connectivity index (χ2v) is 5.72. The first-order valence-electron chi connectivity index (χ1n) is 6.19. The van der Waals surface area contributed by atoms with Crippen LogP contribution in [0.15, 0.2) is 11.8 Å². The van der Waals surface area contributed by atoms with Crippen molar-refractivity contribution >= 4 is 53.0 Å². The SMILES string of the molecule is CC1(C)C[C@@H]1C(=O)NC(=CCCCCCl)C(=O)O.[NaH]. The van der Waals surface area contributed by atoms with Crippen molar-refractivity contribution in [3.05, 3.63) is 11.8 Å². The van der Waals surface area contributed by atoms with Crippen molar-refractivity contribution < 1.29 is 14.7 Å². The van der Waals surface area contributed by atoms with E-state index in [4.69, 9.17) is 16.7 Å². The molecule has 0 unspecified atom stereocenters. The van der Waals surface area contributed by atoms with Gasteiger partial charge in [0.1, 0.15) is 5.70 Å². The molecule has 0 saturated heterocycles. The van der Waals surface area contributed by atoms with Gasteiger partial charge in [-0.15, -0.1) is 11.6 Å². The molecule has 0 aromatic heterocycles. The van der Waals surface area contributed by atoms with E-state index in [2.05, 4.69) is 5.32 Å². The van der Waals surface area contributed by atoms with Crippen molar-refractivity contribution in [3.8, 4) is 0 Å². The molecule has 0 spiro atoms. The summed E-state index contributed by atoms with van der Waals surface area (Å²) in [6, 6.07) is 0. The third-order valence-electron chi connectivity index (χ3n) is 3.25. The summed E-state index contributed by atoms with van der Waals surface area (Å²) in [6.07, 6.45) is 4.66. The molecule has 0 aliphatic heterocycles. The summed E-state index contributed by atoms with van der Waals surface area (Å²) >= 11 is 5.54. The van der Waals surface area contributed by atoms with E-state index in [0.717, 1.165) is 19.3 Å². The Balaban J connectivity index is 0.00000324. The minimum atomic E-state index is -1.09. The van der Waals surface area contributed by atoms with Crippen LogP contribution in [-0.2, 0) is 9.59 Å². The molecule has 1 amide bonds. The number of hydrogen-bond donors (Lipinski definition) is 2. The van der Waals surface area contributed by atoms with Crippen LogP contribution in [0.1, 0.15) is 39.5 Å². The Bertz CT molecular complexity index is 369. The van der Waals surface area contributed by atoms with Crippen LogP contribution in [0, 0.1) is 11.3 Å². The normalized spacial score (nSPS) is 20.4. The van der Waals surface area contributed by atoms with Crippen molar-refractivity contribution in [1.82, 2.24) is 5.32 Å². The molecule has 4 nitrogen and oxygen atoms in total. The van der Waals surface area contributed by atoms with Crippen LogP contribution in [0.3, 0.4) is 0 Å². The Morgan fingerprint density at radius 2 is 2.00 bits per heavy atom. The number of unbranched alkanes of at least 4 members (excludes halogenated alkanes) is 2. The van der Waals surface area contributed by atoms with Gasteiger partial charge in [0.2, 0.25) is 5.91 Å². The van der Waals surface area contributed by atoms with E-state index in [-0.39, 0.29) is 52.5 Å². The van der Waals surface area contributed by atoms with Gasteiger partial charge in [-0.1, -0.05) is 19.9 Å². The van der Waals surface area contributed by atoms with Crippen LogP contribution >= 0.6 is 11.6 Å². The molecule has 0 aromatic carbocycles. The predicted octanol–water partition coefficient (Wildman–Crippen LogP) is 1.88. The molecule has 0 bridgehead atoms. The number of carboxylic acids is 1. The van der Waals surface area contributed by atoms with Gasteiger partial charge in [0, 0.05) is 11.8 Å². The van der Waals surface area contributed by atoms with Crippen LogP contribution in [0.4, 0.5) is 0 Å². The van der Waals surface area contributed by atoms with Crippen LogP contribution in [0.25, 0.3) is 0 Å². The molecule has 1 aliphatic rings. The second-order valence-electron chi connectivity index (χ2n) is 5.34. The summed E-state index contributed by atoms with van der Waals surface area (Å²) in [4.78, 5) is 22.8. The number of allylic oxidation sites excluding steroid dienone is 1. The van der Waals surface area contributed by atoms with E-state index in [9.17, 15) is 9.59 Å². The molecule has 0 aromatic rings. The summed E-state index contributed by atoms with van der Waals surface area (Å²) in [6.45, 7) is 4.00. The zero-order chi connectivity index (χ0) is 13.8. The maximum absolute atomic E-state index is 11.8. The van der Waals surface area contributed by atoms with Crippen molar-refractivity contribution in [2.45, 2.75) is 39.5 Å². The molecule has 1 saturated carbocycles. The fourth-order valence-corrected chi connectivity index (χ4v) is 2.00. The summed E-state index contributed by atoms with van der Waals surface area (Å²) in [7, 11) is 0. The third kappa shape index (κ3) is 6.30. The Hall–Kier alpha value is -0.0300. The van der Waals surface area contributed by atoms with Gasteiger partial charge in [-0.3, -0.25) is 4.79 Å². The Morgan fingerprint density at radius 1 is 1.42 bits per heavy atom. The average molecular weight is 298 g/mol. The number of rotatable bonds is 7. The second kappa shape index (κ2) is 8.30. The molecule has 0 heterocycles. The number of alkyl halides is 1. The van der Waals surface area contributed by atoms with Gasteiger partial charge < -0.3 is 10.4 Å². The number of carbonyl (C=O) groups is 2. The third-order valence-corrected chi connectivity index (χ3v) is 3.52. The summed E-state index contributed by atoms with van der Waals surface area (Å²) in [5.41, 5.74) is -0.0101. The van der Waals surface area contributed by atoms with Crippen LogP contribution in [-0.4, -0.2) is 52.4 Å². The molecule has 1 atom stereocenters. The van der Waals surface area contributed by atoms with E-state index < -0.39 is 5.97 Å². The van der Waals surface area contributed by atoms with Crippen LogP contribution in [0.5, 0.6) is 0 Å². The van der Waals surface area contributed by atoms with Gasteiger partial charge in [-0.05, 0) is 31.1 Å². The van der Waals surface area contributed by atoms with E-state index >= 15 is 0 Å². The number of aliphatic carboxylic acids is 1. The number of nitrogens with one attached hydrogen (secondary N) is 1. The molecule has 0 radical (unpaired) electrons. The molecule has 1 aliphatic carbocycles. The zero-order valence-corrected chi connectivity index (χ0v) is 11.6. The maximum atomic E-state index is 11.8. The van der Waals surface area contributed by atoms with Crippen molar-refractivity contribution in [2.24, 2.45) is 11.3 Å². The first-order valence-corrected chi connectivity index (χ1v) is 6.72. The number of carboxylic acid groups (broad SMARTS) is 1. The number of amides is 1. The van der Waals surface area contributed by atoms with Gasteiger partial charge in [0.25, 0.3) is 0 Å². The van der Waals surface area contributed by atoms with Gasteiger partial charge in [0.15, 0.2) is 0 Å². The Labute approximate surface area is 141 Å². The quantitative estimate of drug-likeness (QED) is 0.326. The minimum absolute atomic E-state index is 0. The zero-order valence-electron chi connectivity index (χ0n) is 10.8. The Kier molecular flexibility index (Phi) is 8.29. The first-order chi connectivity index (χ1) is 8.38. The van der Waals surface area contributed by atoms with Crippen molar-refractivity contribution in [2.75, 3.05) is 5.88 Å². The standard InChI is InChI=1S/C13H20ClNO3.Na.H/c1-13(2)8-9(13)11(16)15-10(12(17)18)6-4-3-5-7-14;;/h6,9H,3-5,7-8H2,1-2H3,(H,15,16)(H,17,18);;/t9-;;/m1../s1. The molecule has 6 heteroatoms. The van der Waals surface area contributed by atoms with Crippen LogP contribution in [0.2, 0.25) is 0 Å². The summed E-state index contributed by atoms with van der Waals surface area (Å²) in [5, 5.41) is 11.5. The van der Waals surface area contributed by atoms with Crippen molar-refractivity contribution in [1.29, 1.82) is 0 Å². The monoisotopic (exact) mass is 297 g/mol. The van der Waals surface area contributed by atoms with Gasteiger partial charge >= 0.3 is 35.5 Å². The number of carbonyl (C=O) groups excluding carboxylic acids is 1. The molecule has 19 heavy (non-hydrogen) atoms. The fraction of sp³-hybridized carbons (Fsp3) is 0.692. The molecule has 2 N–H and O–H groups in total. The topological polar surface area (TPSA) is 66.4 Å². The van der Waals surface area contributed by atoms with E-state index in [1.54, 1.807) is 6.08 Å². The number of halogens is 1. The predicted molar refractivity (Wildman–Crippen MR) is 77.5 cm³/mol. The fourth-order valence-electron chi connectivity index (χ4n) is 1.81. The van der Waals surface area contributed by atoms with Gasteiger partial charge in [-0.2, -0.15) is 0 Å². The van der Waals surface area contributed by atoms with Gasteiger partial charge in [0.05, 0.1) is 0 Å². The Morgan fingerprint density at radius 3 is 2.42 bits per heavy atom.